The van der Waals surface area contributed by atoms with Crippen molar-refractivity contribution in [2.75, 3.05) is 13.1 Å². The molecule has 0 amide bonds. The zero-order valence-corrected chi connectivity index (χ0v) is 9.45. The molecule has 0 saturated carbocycles. The van der Waals surface area contributed by atoms with Gasteiger partial charge in [-0.2, -0.15) is 11.3 Å². The minimum atomic E-state index is 0.106. The zero-order valence-electron chi connectivity index (χ0n) is 7.05. The normalized spacial score (nSPS) is 9.92. The third-order valence-corrected chi connectivity index (χ3v) is 3.19. The molecule has 0 bridgehead atoms. The van der Waals surface area contributed by atoms with Gasteiger partial charge in [0.25, 0.3) is 0 Å². The fourth-order valence-electron chi connectivity index (χ4n) is 0.863. The average Bonchev–Trinajstić information content (AvgIpc) is 2.52. The summed E-state index contributed by atoms with van der Waals surface area (Å²) in [5, 5.41) is 6.72. The maximum absolute atomic E-state index is 11.5. The van der Waals surface area contributed by atoms with E-state index >= 15 is 0 Å². The Bertz CT molecular complexity index is 308. The number of hydrogen-bond donors (Lipinski definition) is 1. The van der Waals surface area contributed by atoms with Crippen LogP contribution in [0.15, 0.2) is 27.9 Å². The predicted molar refractivity (Wildman–Crippen MR) is 59.4 cm³/mol. The summed E-state index contributed by atoms with van der Waals surface area (Å²) < 4.78 is 0.878. The molecule has 70 valence electrons. The Morgan fingerprint density at radius 2 is 2.46 bits per heavy atom. The summed E-state index contributed by atoms with van der Waals surface area (Å²) in [5.41, 5.74) is 0.751. The quantitative estimate of drug-likeness (QED) is 0.500. The smallest absolute Gasteiger partial charge is 0.178 e. The van der Waals surface area contributed by atoms with Crippen molar-refractivity contribution >= 4 is 33.0 Å². The van der Waals surface area contributed by atoms with E-state index in [1.54, 1.807) is 6.08 Å². The molecule has 1 heterocycles. The van der Waals surface area contributed by atoms with Crippen LogP contribution in [0.3, 0.4) is 0 Å². The first-order valence-electron chi connectivity index (χ1n) is 3.82. The van der Waals surface area contributed by atoms with Crippen LogP contribution in [0.25, 0.3) is 0 Å². The van der Waals surface area contributed by atoms with Crippen LogP contribution in [0.5, 0.6) is 0 Å². The fourth-order valence-corrected chi connectivity index (χ4v) is 2.38. The first kappa shape index (κ1) is 10.6. The number of thiophene rings is 1. The lowest BCUT2D eigenvalue weighted by Gasteiger charge is -1.99. The van der Waals surface area contributed by atoms with Crippen molar-refractivity contribution in [1.29, 1.82) is 0 Å². The van der Waals surface area contributed by atoms with Crippen LogP contribution in [-0.4, -0.2) is 18.9 Å². The number of carbonyl (C=O) groups is 1. The lowest BCUT2D eigenvalue weighted by Crippen LogP contribution is -2.22. The molecule has 1 aromatic rings. The number of carbonyl (C=O) groups excluding carboxylic acids is 1. The maximum Gasteiger partial charge on any atom is 0.178 e. The average molecular weight is 260 g/mol. The minimum Gasteiger partial charge on any atom is -0.306 e. The summed E-state index contributed by atoms with van der Waals surface area (Å²) >= 11 is 4.84. The molecule has 1 aromatic heterocycles. The molecule has 0 spiro atoms. The Kier molecular flexibility index (Phi) is 4.35. The van der Waals surface area contributed by atoms with Gasteiger partial charge in [-0.25, -0.2) is 0 Å². The number of ketones is 1. The van der Waals surface area contributed by atoms with Gasteiger partial charge in [0, 0.05) is 27.3 Å². The lowest BCUT2D eigenvalue weighted by atomic mass is 10.2. The van der Waals surface area contributed by atoms with Gasteiger partial charge in [0.15, 0.2) is 5.78 Å². The third-order valence-electron chi connectivity index (χ3n) is 1.49. The van der Waals surface area contributed by atoms with Crippen LogP contribution in [0.4, 0.5) is 0 Å². The molecule has 0 unspecified atom stereocenters. The van der Waals surface area contributed by atoms with Crippen LogP contribution in [0.2, 0.25) is 0 Å². The van der Waals surface area contributed by atoms with Crippen LogP contribution >= 0.6 is 27.3 Å². The predicted octanol–water partition coefficient (Wildman–Crippen LogP) is 2.47. The van der Waals surface area contributed by atoms with Crippen molar-refractivity contribution < 1.29 is 4.79 Å². The summed E-state index contributed by atoms with van der Waals surface area (Å²) in [6.45, 7) is 4.58. The molecule has 0 aliphatic carbocycles. The summed E-state index contributed by atoms with van der Waals surface area (Å²) in [5.74, 6) is 0.106. The topological polar surface area (TPSA) is 29.1 Å². The standard InChI is InChI=1S/C9H10BrNOS/c1-2-3-11-4-9(12)7-5-13-6-8(7)10/h2,5-6,11H,1,3-4H2. The van der Waals surface area contributed by atoms with E-state index in [4.69, 9.17) is 0 Å². The van der Waals surface area contributed by atoms with Crippen LogP contribution in [0, 0.1) is 0 Å². The molecular weight excluding hydrogens is 250 g/mol. The second kappa shape index (κ2) is 5.32. The summed E-state index contributed by atoms with van der Waals surface area (Å²) in [6, 6.07) is 0. The SMILES string of the molecule is C=CCNCC(=O)c1cscc1Br. The highest BCUT2D eigenvalue weighted by molar-refractivity contribution is 9.10. The van der Waals surface area contributed by atoms with E-state index in [9.17, 15) is 4.79 Å². The van der Waals surface area contributed by atoms with Gasteiger partial charge >= 0.3 is 0 Å². The van der Waals surface area contributed by atoms with Crippen LogP contribution < -0.4 is 5.32 Å². The first-order chi connectivity index (χ1) is 6.25. The van der Waals surface area contributed by atoms with Gasteiger partial charge < -0.3 is 5.32 Å². The van der Waals surface area contributed by atoms with E-state index in [1.165, 1.54) is 11.3 Å². The third kappa shape index (κ3) is 3.06. The van der Waals surface area contributed by atoms with E-state index in [-0.39, 0.29) is 5.78 Å². The van der Waals surface area contributed by atoms with Crippen LogP contribution in [-0.2, 0) is 0 Å². The van der Waals surface area contributed by atoms with Gasteiger partial charge in [-0.3, -0.25) is 4.79 Å². The highest BCUT2D eigenvalue weighted by Crippen LogP contribution is 2.21. The fraction of sp³-hybridized carbons (Fsp3) is 0.222. The largest absolute Gasteiger partial charge is 0.306 e. The Hall–Kier alpha value is -0.450. The Morgan fingerprint density at radius 3 is 3.00 bits per heavy atom. The molecule has 0 atom stereocenters. The van der Waals surface area contributed by atoms with Crippen molar-refractivity contribution in [3.8, 4) is 0 Å². The lowest BCUT2D eigenvalue weighted by molar-refractivity contribution is 0.0992. The van der Waals surface area contributed by atoms with Gasteiger partial charge in [-0.15, -0.1) is 6.58 Å². The summed E-state index contributed by atoms with van der Waals surface area (Å²) in [4.78, 5) is 11.5. The van der Waals surface area contributed by atoms with Crippen molar-refractivity contribution in [3.63, 3.8) is 0 Å². The molecule has 2 nitrogen and oxygen atoms in total. The molecule has 0 saturated heterocycles. The van der Waals surface area contributed by atoms with Crippen molar-refractivity contribution in [3.05, 3.63) is 33.5 Å². The van der Waals surface area contributed by atoms with E-state index in [0.717, 1.165) is 10.0 Å². The monoisotopic (exact) mass is 259 g/mol. The molecule has 0 radical (unpaired) electrons. The van der Waals surface area contributed by atoms with E-state index < -0.39 is 0 Å². The zero-order chi connectivity index (χ0) is 9.68. The maximum atomic E-state index is 11.5. The number of rotatable bonds is 5. The highest BCUT2D eigenvalue weighted by atomic mass is 79.9. The Morgan fingerprint density at radius 1 is 1.69 bits per heavy atom. The van der Waals surface area contributed by atoms with Gasteiger partial charge in [0.05, 0.1) is 6.54 Å². The molecule has 0 aliphatic rings. The number of Topliss-reactive ketones (excluding diaryl/α,β-unsaturated/α-hetero) is 1. The van der Waals surface area contributed by atoms with Gasteiger partial charge in [-0.1, -0.05) is 6.08 Å². The molecule has 4 heteroatoms. The number of halogens is 1. The highest BCUT2D eigenvalue weighted by Gasteiger charge is 2.09. The molecule has 13 heavy (non-hydrogen) atoms. The second-order valence-corrected chi connectivity index (χ2v) is 4.07. The molecule has 0 fully saturated rings. The van der Waals surface area contributed by atoms with Crippen molar-refractivity contribution in [1.82, 2.24) is 5.32 Å². The minimum absolute atomic E-state index is 0.106. The van der Waals surface area contributed by atoms with Crippen LogP contribution in [0.1, 0.15) is 10.4 Å². The summed E-state index contributed by atoms with van der Waals surface area (Å²) in [7, 11) is 0. The molecular formula is C9H10BrNOS. The van der Waals surface area contributed by atoms with Crippen molar-refractivity contribution in [2.45, 2.75) is 0 Å². The first-order valence-corrected chi connectivity index (χ1v) is 5.55. The van der Waals surface area contributed by atoms with E-state index in [2.05, 4.69) is 27.8 Å². The molecule has 0 aromatic carbocycles. The Balaban J connectivity index is 2.49. The van der Waals surface area contributed by atoms with Gasteiger partial charge in [0.2, 0.25) is 0 Å². The van der Waals surface area contributed by atoms with E-state index in [1.807, 2.05) is 10.8 Å². The van der Waals surface area contributed by atoms with Crippen molar-refractivity contribution in [2.24, 2.45) is 0 Å². The van der Waals surface area contributed by atoms with Gasteiger partial charge in [0.1, 0.15) is 0 Å². The Labute approximate surface area is 89.8 Å². The van der Waals surface area contributed by atoms with E-state index in [0.29, 0.717) is 13.1 Å². The molecule has 1 rings (SSSR count). The number of hydrogen-bond acceptors (Lipinski definition) is 3. The summed E-state index contributed by atoms with van der Waals surface area (Å²) in [6.07, 6.45) is 1.73. The number of nitrogens with one attached hydrogen (secondary N) is 1. The second-order valence-electron chi connectivity index (χ2n) is 2.48. The van der Waals surface area contributed by atoms with Gasteiger partial charge in [-0.05, 0) is 15.9 Å². The molecule has 0 aliphatic heterocycles. The molecule has 1 N–H and O–H groups in total.